The van der Waals surface area contributed by atoms with Gasteiger partial charge in [-0.05, 0) is 36.8 Å². The molecule has 0 saturated carbocycles. The molecule has 8 heteroatoms. The lowest BCUT2D eigenvalue weighted by atomic mass is 9.84. The van der Waals surface area contributed by atoms with Gasteiger partial charge in [-0.2, -0.15) is 5.10 Å². The quantitative estimate of drug-likeness (QED) is 0.370. The molecule has 23 heavy (non-hydrogen) atoms. The first-order valence-corrected chi connectivity index (χ1v) is 8.18. The van der Waals surface area contributed by atoms with E-state index in [1.807, 2.05) is 31.2 Å². The number of H-pyrrole nitrogens is 3. The molecular weight excluding hydrogens is 350 g/mol. The Balaban J connectivity index is 2.04. The first-order chi connectivity index (χ1) is 11.0. The van der Waals surface area contributed by atoms with Crippen molar-refractivity contribution >= 4 is 47.7 Å². The van der Waals surface area contributed by atoms with E-state index in [0.29, 0.717) is 14.4 Å². The zero-order valence-electron chi connectivity index (χ0n) is 12.0. The van der Waals surface area contributed by atoms with Crippen molar-refractivity contribution in [3.63, 3.8) is 0 Å². The smallest absolute Gasteiger partial charge is 0.177 e. The van der Waals surface area contributed by atoms with E-state index in [-0.39, 0.29) is 5.92 Å². The first-order valence-electron chi connectivity index (χ1n) is 6.98. The largest absolute Gasteiger partial charge is 0.324 e. The van der Waals surface area contributed by atoms with Crippen LogP contribution in [-0.4, -0.2) is 20.2 Å². The number of hydrogen-bond donors (Lipinski definition) is 4. The summed E-state index contributed by atoms with van der Waals surface area (Å²) >= 11 is 16.8. The number of anilines is 2. The Kier molecular flexibility index (Phi) is 3.37. The number of nitrogens with one attached hydrogen (secondary N) is 4. The number of halogens is 1. The molecule has 3 aromatic rings. The summed E-state index contributed by atoms with van der Waals surface area (Å²) in [6, 6.07) is 7.78. The molecule has 116 valence electrons. The molecule has 4 N–H and O–H groups in total. The maximum atomic E-state index is 6.04. The van der Waals surface area contributed by atoms with Crippen molar-refractivity contribution < 1.29 is 0 Å². The number of rotatable bonds is 1. The van der Waals surface area contributed by atoms with Gasteiger partial charge in [0.2, 0.25) is 0 Å². The van der Waals surface area contributed by atoms with Crippen molar-refractivity contribution in [3.8, 4) is 0 Å². The summed E-state index contributed by atoms with van der Waals surface area (Å²) in [5.41, 5.74) is 4.11. The monoisotopic (exact) mass is 361 g/mol. The summed E-state index contributed by atoms with van der Waals surface area (Å²) in [6.07, 6.45) is 0. The maximum Gasteiger partial charge on any atom is 0.177 e. The van der Waals surface area contributed by atoms with E-state index in [9.17, 15) is 0 Å². The highest BCUT2D eigenvalue weighted by Crippen LogP contribution is 2.44. The summed E-state index contributed by atoms with van der Waals surface area (Å²) in [5, 5.41) is 11.4. The molecule has 0 radical (unpaired) electrons. The summed E-state index contributed by atoms with van der Waals surface area (Å²) in [4.78, 5) is 6.16. The molecular formula is C15H12ClN5S2. The van der Waals surface area contributed by atoms with Gasteiger partial charge in [-0.15, -0.1) is 0 Å². The minimum atomic E-state index is -0.0483. The fourth-order valence-electron chi connectivity index (χ4n) is 3.01. The molecule has 2 aromatic heterocycles. The predicted octanol–water partition coefficient (Wildman–Crippen LogP) is 4.72. The molecule has 4 rings (SSSR count). The van der Waals surface area contributed by atoms with Gasteiger partial charge in [0.05, 0.1) is 0 Å². The molecule has 1 aliphatic heterocycles. The SMILES string of the molecule is Cc1[nH]nc2c1C(c1ccc(Cl)cc1)c1c([nH]c(=S)[nH]c1=S)N2. The number of hydrogen-bond acceptors (Lipinski definition) is 4. The Labute approximate surface area is 147 Å². The van der Waals surface area contributed by atoms with E-state index < -0.39 is 0 Å². The van der Waals surface area contributed by atoms with E-state index in [0.717, 1.165) is 34.0 Å². The highest BCUT2D eigenvalue weighted by molar-refractivity contribution is 7.72. The van der Waals surface area contributed by atoms with Gasteiger partial charge in [0.1, 0.15) is 10.5 Å². The Morgan fingerprint density at radius 1 is 1.09 bits per heavy atom. The van der Waals surface area contributed by atoms with Gasteiger partial charge in [-0.1, -0.05) is 36.0 Å². The highest BCUT2D eigenvalue weighted by atomic mass is 35.5. The fourth-order valence-corrected chi connectivity index (χ4v) is 3.72. The van der Waals surface area contributed by atoms with E-state index in [2.05, 4.69) is 25.5 Å². The van der Waals surface area contributed by atoms with Crippen LogP contribution in [0.3, 0.4) is 0 Å². The number of nitrogens with zero attached hydrogens (tertiary/aromatic N) is 1. The van der Waals surface area contributed by atoms with Crippen molar-refractivity contribution in [2.24, 2.45) is 0 Å². The van der Waals surface area contributed by atoms with Gasteiger partial charge in [0, 0.05) is 27.8 Å². The van der Waals surface area contributed by atoms with Crippen LogP contribution in [0.2, 0.25) is 5.02 Å². The normalized spacial score (nSPS) is 15.7. The van der Waals surface area contributed by atoms with E-state index >= 15 is 0 Å². The molecule has 1 aliphatic rings. The second-order valence-corrected chi connectivity index (χ2v) is 6.67. The number of aromatic nitrogens is 4. The third-order valence-corrected chi connectivity index (χ3v) is 4.78. The lowest BCUT2D eigenvalue weighted by molar-refractivity contribution is 0.906. The van der Waals surface area contributed by atoms with E-state index in [1.165, 1.54) is 0 Å². The minimum absolute atomic E-state index is 0.0483. The van der Waals surface area contributed by atoms with Crippen LogP contribution in [0, 0.1) is 16.3 Å². The van der Waals surface area contributed by atoms with Gasteiger partial charge < -0.3 is 15.3 Å². The Morgan fingerprint density at radius 2 is 1.83 bits per heavy atom. The molecule has 3 heterocycles. The van der Waals surface area contributed by atoms with Crippen molar-refractivity contribution in [3.05, 3.63) is 61.1 Å². The lowest BCUT2D eigenvalue weighted by Gasteiger charge is -2.26. The summed E-state index contributed by atoms with van der Waals surface area (Å²) < 4.78 is 1.09. The molecule has 0 saturated heterocycles. The molecule has 0 bridgehead atoms. The molecule has 0 amide bonds. The minimum Gasteiger partial charge on any atom is -0.324 e. The van der Waals surface area contributed by atoms with Gasteiger partial charge in [-0.25, -0.2) is 0 Å². The Morgan fingerprint density at radius 3 is 2.57 bits per heavy atom. The van der Waals surface area contributed by atoms with Crippen molar-refractivity contribution in [2.45, 2.75) is 12.8 Å². The van der Waals surface area contributed by atoms with Crippen LogP contribution < -0.4 is 5.32 Å². The zero-order valence-corrected chi connectivity index (χ0v) is 14.4. The van der Waals surface area contributed by atoms with Crippen LogP contribution in [0.4, 0.5) is 11.6 Å². The maximum absolute atomic E-state index is 6.04. The van der Waals surface area contributed by atoms with Crippen LogP contribution in [0.15, 0.2) is 24.3 Å². The predicted molar refractivity (Wildman–Crippen MR) is 95.8 cm³/mol. The third-order valence-electron chi connectivity index (χ3n) is 4.00. The Hall–Kier alpha value is -1.96. The average Bonchev–Trinajstić information content (AvgIpc) is 2.87. The average molecular weight is 362 g/mol. The number of benzene rings is 1. The van der Waals surface area contributed by atoms with Crippen LogP contribution >= 0.6 is 36.0 Å². The van der Waals surface area contributed by atoms with E-state index in [1.54, 1.807) is 0 Å². The topological polar surface area (TPSA) is 72.3 Å². The van der Waals surface area contributed by atoms with Crippen LogP contribution in [-0.2, 0) is 0 Å². The van der Waals surface area contributed by atoms with Crippen LogP contribution in [0.5, 0.6) is 0 Å². The standard InChI is InChI=1S/C15H12ClN5S2/c1-6-9-10(7-2-4-8(16)5-3-7)11-12(17-13(9)21-20-6)18-15(23)19-14(11)22/h2-5,10H,1H3,(H4,17,18,19,20,21,22,23). The van der Waals surface area contributed by atoms with Gasteiger partial charge in [-0.3, -0.25) is 5.10 Å². The highest BCUT2D eigenvalue weighted by Gasteiger charge is 2.32. The first kappa shape index (κ1) is 14.6. The van der Waals surface area contributed by atoms with Crippen molar-refractivity contribution in [1.29, 1.82) is 0 Å². The summed E-state index contributed by atoms with van der Waals surface area (Å²) in [5.74, 6) is 1.51. The van der Waals surface area contributed by atoms with Gasteiger partial charge in [0.25, 0.3) is 0 Å². The van der Waals surface area contributed by atoms with Crippen LogP contribution in [0.1, 0.15) is 28.3 Å². The molecule has 5 nitrogen and oxygen atoms in total. The lowest BCUT2D eigenvalue weighted by Crippen LogP contribution is -2.16. The second kappa shape index (κ2) is 5.30. The summed E-state index contributed by atoms with van der Waals surface area (Å²) in [7, 11) is 0. The Bertz CT molecular complexity index is 1020. The van der Waals surface area contributed by atoms with Crippen LogP contribution in [0.25, 0.3) is 0 Å². The fraction of sp³-hybridized carbons (Fsp3) is 0.133. The third kappa shape index (κ3) is 2.32. The molecule has 1 unspecified atom stereocenters. The molecule has 0 aliphatic carbocycles. The molecule has 0 spiro atoms. The second-order valence-electron chi connectivity index (χ2n) is 5.42. The number of aromatic amines is 3. The number of aryl methyl sites for hydroxylation is 1. The summed E-state index contributed by atoms with van der Waals surface area (Å²) in [6.45, 7) is 2.00. The molecule has 1 atom stereocenters. The van der Waals surface area contributed by atoms with Crippen molar-refractivity contribution in [2.75, 3.05) is 5.32 Å². The van der Waals surface area contributed by atoms with E-state index in [4.69, 9.17) is 36.0 Å². The molecule has 1 aromatic carbocycles. The van der Waals surface area contributed by atoms with Gasteiger partial charge >= 0.3 is 0 Å². The zero-order chi connectivity index (χ0) is 16.1. The number of fused-ring (bicyclic) bond motifs is 2. The van der Waals surface area contributed by atoms with Gasteiger partial charge in [0.15, 0.2) is 10.6 Å². The molecule has 0 fully saturated rings. The van der Waals surface area contributed by atoms with Crippen molar-refractivity contribution in [1.82, 2.24) is 20.2 Å².